The minimum Gasteiger partial charge on any atom is -0.305 e. The molecule has 0 aliphatic heterocycles. The number of nitrogens with one attached hydrogen (secondary N) is 2. The lowest BCUT2D eigenvalue weighted by Gasteiger charge is -2.06. The van der Waals surface area contributed by atoms with E-state index in [0.717, 1.165) is 12.1 Å². The van der Waals surface area contributed by atoms with Gasteiger partial charge in [0.1, 0.15) is 23.3 Å². The van der Waals surface area contributed by atoms with Gasteiger partial charge in [0, 0.05) is 19.3 Å². The molecule has 1 aromatic heterocycles. The van der Waals surface area contributed by atoms with E-state index in [4.69, 9.17) is 5.26 Å². The van der Waals surface area contributed by atoms with Crippen LogP contribution in [-0.2, 0) is 7.05 Å². The summed E-state index contributed by atoms with van der Waals surface area (Å²) in [6, 6.07) is 3.82. The summed E-state index contributed by atoms with van der Waals surface area (Å²) in [6.07, 6.45) is 1.42. The third-order valence-electron chi connectivity index (χ3n) is 2.36. The van der Waals surface area contributed by atoms with Crippen molar-refractivity contribution in [3.8, 4) is 6.07 Å². The standard InChI is InChI=1S/C12H9F2N5O/c1-19-6-7(5-15)11(18-19)17-12(20)16-10-3-2-8(13)4-9(10)14/h2-4,6H,1H3,(H2,16,17,18,20). The molecule has 0 spiro atoms. The number of carbonyl (C=O) groups is 1. The van der Waals surface area contributed by atoms with Gasteiger partial charge < -0.3 is 5.32 Å². The van der Waals surface area contributed by atoms with Crippen molar-refractivity contribution in [3.05, 3.63) is 41.6 Å². The molecule has 20 heavy (non-hydrogen) atoms. The number of carbonyl (C=O) groups excluding carboxylic acids is 1. The molecule has 0 radical (unpaired) electrons. The van der Waals surface area contributed by atoms with Crippen molar-refractivity contribution in [2.24, 2.45) is 7.05 Å². The highest BCUT2D eigenvalue weighted by molar-refractivity contribution is 5.99. The summed E-state index contributed by atoms with van der Waals surface area (Å²) in [4.78, 5) is 11.7. The van der Waals surface area contributed by atoms with E-state index >= 15 is 0 Å². The summed E-state index contributed by atoms with van der Waals surface area (Å²) in [5, 5.41) is 17.2. The predicted octanol–water partition coefficient (Wildman–Crippen LogP) is 2.21. The van der Waals surface area contributed by atoms with Crippen LogP contribution >= 0.6 is 0 Å². The molecule has 1 heterocycles. The first kappa shape index (κ1) is 13.5. The molecule has 2 amide bonds. The molecule has 6 nitrogen and oxygen atoms in total. The molecule has 0 atom stereocenters. The Hall–Kier alpha value is -2.95. The van der Waals surface area contributed by atoms with Crippen LogP contribution < -0.4 is 10.6 Å². The smallest absolute Gasteiger partial charge is 0.305 e. The van der Waals surface area contributed by atoms with Crippen LogP contribution in [0, 0.1) is 23.0 Å². The van der Waals surface area contributed by atoms with Crippen LogP contribution in [0.4, 0.5) is 25.1 Å². The summed E-state index contributed by atoms with van der Waals surface area (Å²) in [6.45, 7) is 0. The van der Waals surface area contributed by atoms with Crippen molar-refractivity contribution < 1.29 is 13.6 Å². The fourth-order valence-electron chi connectivity index (χ4n) is 1.51. The van der Waals surface area contributed by atoms with E-state index in [1.807, 2.05) is 6.07 Å². The molecular formula is C12H9F2N5O. The van der Waals surface area contributed by atoms with Gasteiger partial charge in [0.05, 0.1) is 5.69 Å². The zero-order valence-electron chi connectivity index (χ0n) is 10.3. The molecule has 0 aliphatic carbocycles. The maximum atomic E-state index is 13.3. The van der Waals surface area contributed by atoms with Gasteiger partial charge in [-0.2, -0.15) is 10.4 Å². The number of benzene rings is 1. The van der Waals surface area contributed by atoms with Crippen molar-refractivity contribution in [2.75, 3.05) is 10.6 Å². The summed E-state index contributed by atoms with van der Waals surface area (Å²) in [5.74, 6) is -1.60. The van der Waals surface area contributed by atoms with Gasteiger partial charge in [-0.05, 0) is 12.1 Å². The van der Waals surface area contributed by atoms with Crippen molar-refractivity contribution in [1.82, 2.24) is 9.78 Å². The minimum absolute atomic E-state index is 0.0509. The molecule has 0 saturated heterocycles. The lowest BCUT2D eigenvalue weighted by Crippen LogP contribution is -2.21. The summed E-state index contributed by atoms with van der Waals surface area (Å²) >= 11 is 0. The van der Waals surface area contributed by atoms with E-state index in [2.05, 4.69) is 15.7 Å². The number of aromatic nitrogens is 2. The molecule has 2 aromatic rings. The average molecular weight is 277 g/mol. The van der Waals surface area contributed by atoms with Crippen LogP contribution in [0.1, 0.15) is 5.56 Å². The highest BCUT2D eigenvalue weighted by Gasteiger charge is 2.12. The van der Waals surface area contributed by atoms with Gasteiger partial charge in [-0.3, -0.25) is 10.00 Å². The number of aryl methyl sites for hydroxylation is 1. The van der Waals surface area contributed by atoms with Gasteiger partial charge in [-0.15, -0.1) is 0 Å². The lowest BCUT2D eigenvalue weighted by molar-refractivity contribution is 0.262. The second kappa shape index (κ2) is 5.36. The number of amides is 2. The number of hydrogen-bond donors (Lipinski definition) is 2. The van der Waals surface area contributed by atoms with E-state index in [-0.39, 0.29) is 17.1 Å². The average Bonchev–Trinajstić information content (AvgIpc) is 2.73. The molecule has 8 heteroatoms. The quantitative estimate of drug-likeness (QED) is 0.882. The van der Waals surface area contributed by atoms with Gasteiger partial charge in [0.15, 0.2) is 5.82 Å². The third kappa shape index (κ3) is 2.89. The monoisotopic (exact) mass is 277 g/mol. The molecule has 102 valence electrons. The summed E-state index contributed by atoms with van der Waals surface area (Å²) in [5.41, 5.74) is -0.0134. The van der Waals surface area contributed by atoms with E-state index in [1.165, 1.54) is 10.9 Å². The Morgan fingerprint density at radius 2 is 2.15 bits per heavy atom. The van der Waals surface area contributed by atoms with Crippen molar-refractivity contribution in [2.45, 2.75) is 0 Å². The van der Waals surface area contributed by atoms with Crippen molar-refractivity contribution in [1.29, 1.82) is 5.26 Å². The fraction of sp³-hybridized carbons (Fsp3) is 0.0833. The molecule has 0 unspecified atom stereocenters. The van der Waals surface area contributed by atoms with Crippen LogP contribution in [0.15, 0.2) is 24.4 Å². The topological polar surface area (TPSA) is 82.7 Å². The Labute approximate surface area is 112 Å². The van der Waals surface area contributed by atoms with E-state index < -0.39 is 17.7 Å². The molecule has 2 rings (SSSR count). The van der Waals surface area contributed by atoms with Crippen LogP contribution in [-0.4, -0.2) is 15.8 Å². The molecule has 0 saturated carbocycles. The maximum absolute atomic E-state index is 13.3. The SMILES string of the molecule is Cn1cc(C#N)c(NC(=O)Nc2ccc(F)cc2F)n1. The molecule has 2 N–H and O–H groups in total. The normalized spacial score (nSPS) is 9.90. The molecule has 0 aliphatic rings. The van der Waals surface area contributed by atoms with Gasteiger partial charge in [0.25, 0.3) is 0 Å². The summed E-state index contributed by atoms with van der Waals surface area (Å²) in [7, 11) is 1.59. The molecule has 1 aromatic carbocycles. The Morgan fingerprint density at radius 1 is 1.40 bits per heavy atom. The van der Waals surface area contributed by atoms with Gasteiger partial charge in [0.2, 0.25) is 0 Å². The first-order valence-corrected chi connectivity index (χ1v) is 5.46. The predicted molar refractivity (Wildman–Crippen MR) is 66.9 cm³/mol. The molecule has 0 bridgehead atoms. The highest BCUT2D eigenvalue weighted by Crippen LogP contribution is 2.16. The highest BCUT2D eigenvalue weighted by atomic mass is 19.1. The first-order valence-electron chi connectivity index (χ1n) is 5.46. The number of nitriles is 1. The fourth-order valence-corrected chi connectivity index (χ4v) is 1.51. The number of anilines is 2. The second-order valence-electron chi connectivity index (χ2n) is 3.88. The largest absolute Gasteiger partial charge is 0.325 e. The third-order valence-corrected chi connectivity index (χ3v) is 2.36. The number of hydrogen-bond acceptors (Lipinski definition) is 3. The van der Waals surface area contributed by atoms with Crippen LogP contribution in [0.25, 0.3) is 0 Å². The van der Waals surface area contributed by atoms with Crippen molar-refractivity contribution in [3.63, 3.8) is 0 Å². The Bertz CT molecular complexity index is 704. The minimum atomic E-state index is -0.901. The summed E-state index contributed by atoms with van der Waals surface area (Å²) < 4.78 is 27.4. The Morgan fingerprint density at radius 3 is 2.80 bits per heavy atom. The maximum Gasteiger partial charge on any atom is 0.325 e. The number of nitrogens with zero attached hydrogens (tertiary/aromatic N) is 3. The first-order chi connectivity index (χ1) is 9.49. The lowest BCUT2D eigenvalue weighted by atomic mass is 10.3. The molecular weight excluding hydrogens is 268 g/mol. The Kier molecular flexibility index (Phi) is 3.61. The van der Waals surface area contributed by atoms with Gasteiger partial charge >= 0.3 is 6.03 Å². The number of urea groups is 1. The van der Waals surface area contributed by atoms with Gasteiger partial charge in [-0.25, -0.2) is 13.6 Å². The van der Waals surface area contributed by atoms with Crippen LogP contribution in [0.5, 0.6) is 0 Å². The second-order valence-corrected chi connectivity index (χ2v) is 3.88. The van der Waals surface area contributed by atoms with Crippen LogP contribution in [0.2, 0.25) is 0 Å². The number of rotatable bonds is 2. The zero-order chi connectivity index (χ0) is 14.7. The van der Waals surface area contributed by atoms with Crippen molar-refractivity contribution >= 4 is 17.5 Å². The van der Waals surface area contributed by atoms with Gasteiger partial charge in [-0.1, -0.05) is 0 Å². The Balaban J connectivity index is 2.11. The van der Waals surface area contributed by atoms with E-state index in [9.17, 15) is 13.6 Å². The van der Waals surface area contributed by atoms with E-state index in [0.29, 0.717) is 6.07 Å². The molecule has 0 fully saturated rings. The zero-order valence-corrected chi connectivity index (χ0v) is 10.3. The van der Waals surface area contributed by atoms with E-state index in [1.54, 1.807) is 7.05 Å². The number of halogens is 2. The van der Waals surface area contributed by atoms with Crippen LogP contribution in [0.3, 0.4) is 0 Å².